The minimum atomic E-state index is -0.399. The van der Waals surface area contributed by atoms with Crippen LogP contribution in [0.3, 0.4) is 0 Å². The molecular weight excluding hydrogens is 466 g/mol. The average Bonchev–Trinajstić information content (AvgIpc) is 3.30. The lowest BCUT2D eigenvalue weighted by atomic mass is 10.0. The first-order valence-corrected chi connectivity index (χ1v) is 12.8. The Kier molecular flexibility index (Phi) is 9.40. The van der Waals surface area contributed by atoms with E-state index in [1.165, 1.54) is 4.88 Å². The molecule has 2 aromatic rings. The highest BCUT2D eigenvalue weighted by Crippen LogP contribution is 2.34. The van der Waals surface area contributed by atoms with Gasteiger partial charge in [0, 0.05) is 43.3 Å². The van der Waals surface area contributed by atoms with E-state index in [-0.39, 0.29) is 24.5 Å². The summed E-state index contributed by atoms with van der Waals surface area (Å²) in [6, 6.07) is 9.04. The quantitative estimate of drug-likeness (QED) is 0.494. The Morgan fingerprint density at radius 3 is 2.69 bits per heavy atom. The van der Waals surface area contributed by atoms with Crippen LogP contribution in [-0.4, -0.2) is 74.3 Å². The Balaban J connectivity index is 1.75. The summed E-state index contributed by atoms with van der Waals surface area (Å²) in [7, 11) is 3.25. The van der Waals surface area contributed by atoms with Crippen LogP contribution in [0.5, 0.6) is 11.5 Å². The van der Waals surface area contributed by atoms with Crippen molar-refractivity contribution < 1.29 is 23.8 Å². The minimum absolute atomic E-state index is 0.000752. The van der Waals surface area contributed by atoms with Crippen molar-refractivity contribution in [3.63, 3.8) is 0 Å². The number of carbonyl (C=O) groups is 2. The van der Waals surface area contributed by atoms with Gasteiger partial charge in [0.25, 0.3) is 0 Å². The molecule has 1 aromatic carbocycles. The molecule has 8 nitrogen and oxygen atoms in total. The molecule has 1 atom stereocenters. The molecule has 1 aliphatic rings. The molecule has 0 unspecified atom stereocenters. The van der Waals surface area contributed by atoms with Crippen molar-refractivity contribution in [2.45, 2.75) is 45.2 Å². The molecule has 0 aliphatic carbocycles. The topological polar surface area (TPSA) is 80.3 Å². The fourth-order valence-corrected chi connectivity index (χ4v) is 4.98. The molecule has 35 heavy (non-hydrogen) atoms. The summed E-state index contributed by atoms with van der Waals surface area (Å²) in [5, 5.41) is 5.04. The lowest BCUT2D eigenvalue weighted by molar-refractivity contribution is -0.135. The van der Waals surface area contributed by atoms with E-state index in [1.807, 2.05) is 49.9 Å². The number of hydrogen-bond acceptors (Lipinski definition) is 6. The molecule has 0 fully saturated rings. The molecule has 3 amide bonds. The molecule has 2 heterocycles. The number of rotatable bonds is 10. The predicted molar refractivity (Wildman–Crippen MR) is 137 cm³/mol. The van der Waals surface area contributed by atoms with Gasteiger partial charge in [-0.2, -0.15) is 0 Å². The van der Waals surface area contributed by atoms with Crippen molar-refractivity contribution in [3.05, 3.63) is 46.2 Å². The van der Waals surface area contributed by atoms with Crippen molar-refractivity contribution in [2.75, 3.05) is 47.1 Å². The number of hydrogen-bond donors (Lipinski definition) is 1. The van der Waals surface area contributed by atoms with Crippen LogP contribution in [0.25, 0.3) is 0 Å². The minimum Gasteiger partial charge on any atom is -0.497 e. The second-order valence-electron chi connectivity index (χ2n) is 9.59. The van der Waals surface area contributed by atoms with Crippen LogP contribution in [0.15, 0.2) is 35.7 Å². The molecule has 0 bridgehead atoms. The number of ether oxygens (including phenoxy) is 3. The van der Waals surface area contributed by atoms with Crippen LogP contribution in [0.1, 0.15) is 43.7 Å². The van der Waals surface area contributed by atoms with E-state index in [9.17, 15) is 9.59 Å². The van der Waals surface area contributed by atoms with E-state index in [0.717, 1.165) is 12.0 Å². The number of nitrogens with zero attached hydrogens (tertiary/aromatic N) is 2. The molecule has 9 heteroatoms. The second kappa shape index (κ2) is 12.3. The number of urea groups is 1. The highest BCUT2D eigenvalue weighted by Gasteiger charge is 2.34. The summed E-state index contributed by atoms with van der Waals surface area (Å²) in [4.78, 5) is 31.2. The van der Waals surface area contributed by atoms with Gasteiger partial charge in [-0.1, -0.05) is 6.07 Å². The zero-order chi connectivity index (χ0) is 25.4. The SMILES string of the molecule is COCCCN(CC(=O)N1CCc2sccc2[C@H]1COc1cccc(OC)c1)C(=O)NC(C)(C)C. The standard InChI is InChI=1S/C26H37N3O5S/c1-26(2,3)27-25(31)28(12-7-14-32-4)17-24(30)29-13-10-23-21(11-15-35-23)22(29)18-34-20-9-6-8-19(16-20)33-5/h6,8-9,11,15-16,22H,7,10,12-14,17-18H2,1-5H3,(H,27,31)/t22-/m1/s1. The van der Waals surface area contributed by atoms with E-state index in [4.69, 9.17) is 14.2 Å². The van der Waals surface area contributed by atoms with Crippen molar-refractivity contribution in [1.29, 1.82) is 0 Å². The number of thiophene rings is 1. The Bertz CT molecular complexity index is 987. The third-order valence-corrected chi connectivity index (χ3v) is 6.73. The second-order valence-corrected chi connectivity index (χ2v) is 10.6. The molecule has 192 valence electrons. The molecule has 3 rings (SSSR count). The molecular formula is C26H37N3O5S. The maximum absolute atomic E-state index is 13.6. The average molecular weight is 504 g/mol. The van der Waals surface area contributed by atoms with Gasteiger partial charge in [0.2, 0.25) is 5.91 Å². The molecule has 0 saturated heterocycles. The van der Waals surface area contributed by atoms with E-state index in [0.29, 0.717) is 44.2 Å². The Morgan fingerprint density at radius 1 is 1.20 bits per heavy atom. The Morgan fingerprint density at radius 2 is 1.97 bits per heavy atom. The van der Waals surface area contributed by atoms with Gasteiger partial charge in [-0.25, -0.2) is 4.79 Å². The van der Waals surface area contributed by atoms with Crippen LogP contribution >= 0.6 is 11.3 Å². The van der Waals surface area contributed by atoms with Gasteiger partial charge in [-0.15, -0.1) is 11.3 Å². The zero-order valence-corrected chi connectivity index (χ0v) is 22.2. The summed E-state index contributed by atoms with van der Waals surface area (Å²) in [6.07, 6.45) is 1.45. The zero-order valence-electron chi connectivity index (χ0n) is 21.3. The van der Waals surface area contributed by atoms with Gasteiger partial charge in [0.1, 0.15) is 24.7 Å². The molecule has 1 aliphatic heterocycles. The number of carbonyl (C=O) groups excluding carboxylic acids is 2. The number of amides is 3. The van der Waals surface area contributed by atoms with E-state index >= 15 is 0 Å². The highest BCUT2D eigenvalue weighted by molar-refractivity contribution is 7.10. The third kappa shape index (κ3) is 7.60. The Hall–Kier alpha value is -2.78. The van der Waals surface area contributed by atoms with E-state index in [1.54, 1.807) is 30.5 Å². The van der Waals surface area contributed by atoms with Gasteiger partial charge in [0.15, 0.2) is 0 Å². The van der Waals surface area contributed by atoms with Gasteiger partial charge < -0.3 is 29.3 Å². The fourth-order valence-electron chi connectivity index (χ4n) is 4.05. The molecule has 1 N–H and O–H groups in total. The maximum atomic E-state index is 13.6. The summed E-state index contributed by atoms with van der Waals surface area (Å²) in [5.74, 6) is 1.30. The third-order valence-electron chi connectivity index (χ3n) is 5.74. The number of methoxy groups -OCH3 is 2. The van der Waals surface area contributed by atoms with Crippen LogP contribution in [0, 0.1) is 0 Å². The van der Waals surface area contributed by atoms with Crippen molar-refractivity contribution in [3.8, 4) is 11.5 Å². The van der Waals surface area contributed by atoms with Crippen LogP contribution in [-0.2, 0) is 16.0 Å². The van der Waals surface area contributed by atoms with Crippen molar-refractivity contribution >= 4 is 23.3 Å². The smallest absolute Gasteiger partial charge is 0.318 e. The number of fused-ring (bicyclic) bond motifs is 1. The molecule has 0 saturated carbocycles. The summed E-state index contributed by atoms with van der Waals surface area (Å²) < 4.78 is 16.6. The number of nitrogens with one attached hydrogen (secondary N) is 1. The van der Waals surface area contributed by atoms with Crippen molar-refractivity contribution in [2.24, 2.45) is 0 Å². The number of benzene rings is 1. The van der Waals surface area contributed by atoms with Gasteiger partial charge in [0.05, 0.1) is 13.2 Å². The first-order chi connectivity index (χ1) is 16.7. The maximum Gasteiger partial charge on any atom is 0.318 e. The van der Waals surface area contributed by atoms with Crippen LogP contribution < -0.4 is 14.8 Å². The van der Waals surface area contributed by atoms with Gasteiger partial charge >= 0.3 is 6.03 Å². The van der Waals surface area contributed by atoms with Gasteiger partial charge in [-0.05, 0) is 62.8 Å². The van der Waals surface area contributed by atoms with E-state index in [2.05, 4.69) is 16.8 Å². The first kappa shape index (κ1) is 26.8. The lowest BCUT2D eigenvalue weighted by Gasteiger charge is -2.37. The lowest BCUT2D eigenvalue weighted by Crippen LogP contribution is -2.53. The van der Waals surface area contributed by atoms with Crippen LogP contribution in [0.2, 0.25) is 0 Å². The monoisotopic (exact) mass is 503 g/mol. The van der Waals surface area contributed by atoms with Crippen LogP contribution in [0.4, 0.5) is 4.79 Å². The normalized spacial score (nSPS) is 15.3. The fraction of sp³-hybridized carbons (Fsp3) is 0.538. The Labute approximate surface area is 212 Å². The highest BCUT2D eigenvalue weighted by atomic mass is 32.1. The predicted octanol–water partition coefficient (Wildman–Crippen LogP) is 4.11. The summed E-state index contributed by atoms with van der Waals surface area (Å²) in [6.45, 7) is 7.64. The molecule has 1 aromatic heterocycles. The van der Waals surface area contributed by atoms with Crippen molar-refractivity contribution in [1.82, 2.24) is 15.1 Å². The molecule has 0 radical (unpaired) electrons. The first-order valence-electron chi connectivity index (χ1n) is 11.9. The van der Waals surface area contributed by atoms with Gasteiger partial charge in [-0.3, -0.25) is 4.79 Å². The molecule has 0 spiro atoms. The largest absolute Gasteiger partial charge is 0.497 e. The van der Waals surface area contributed by atoms with E-state index < -0.39 is 5.54 Å². The summed E-state index contributed by atoms with van der Waals surface area (Å²) >= 11 is 1.71. The summed E-state index contributed by atoms with van der Waals surface area (Å²) in [5.41, 5.74) is 0.714.